The van der Waals surface area contributed by atoms with Crippen LogP contribution in [0.5, 0.6) is 0 Å². The minimum absolute atomic E-state index is 0.00837. The van der Waals surface area contributed by atoms with E-state index in [0.717, 1.165) is 17.2 Å². The Morgan fingerprint density at radius 2 is 1.46 bits per heavy atom. The molecule has 3 N–H and O–H groups in total. The third-order valence-corrected chi connectivity index (χ3v) is 18.4. The fourth-order valence-corrected chi connectivity index (χ4v) is 13.1. The second kappa shape index (κ2) is 29.2. The number of hydrogen-bond donors (Lipinski definition) is 3. The molecule has 23 heteroatoms. The fourth-order valence-electron chi connectivity index (χ4n) is 13.1. The summed E-state index contributed by atoms with van der Waals surface area (Å²) in [6.07, 6.45) is 0.0646. The molecule has 0 spiro atoms. The van der Waals surface area contributed by atoms with E-state index in [0.29, 0.717) is 94.2 Å². The number of ether oxygens (including phenoxy) is 4. The predicted octanol–water partition coefficient (Wildman–Crippen LogP) is 8.02. The highest BCUT2D eigenvalue weighted by molar-refractivity contribution is 6.04. The second-order valence-corrected chi connectivity index (χ2v) is 27.7. The number of benzene rings is 4. The van der Waals surface area contributed by atoms with E-state index in [1.807, 2.05) is 45.9 Å². The number of piperazine rings is 1. The maximum absolute atomic E-state index is 15.8. The van der Waals surface area contributed by atoms with E-state index in [9.17, 15) is 33.2 Å². The van der Waals surface area contributed by atoms with E-state index in [1.54, 1.807) is 80.8 Å². The number of amides is 7. The molecule has 0 aromatic heterocycles. The van der Waals surface area contributed by atoms with Crippen molar-refractivity contribution in [2.75, 3.05) is 96.0 Å². The number of anilines is 2. The molecule has 4 aromatic rings. The monoisotopic (exact) mass is 1290 g/mol. The van der Waals surface area contributed by atoms with Gasteiger partial charge in [0.2, 0.25) is 17.7 Å². The molecule has 0 saturated carbocycles. The molecule has 0 radical (unpaired) electrons. The lowest BCUT2D eigenvalue weighted by Crippen LogP contribution is -2.64. The van der Waals surface area contributed by atoms with E-state index in [1.165, 1.54) is 41.1 Å². The van der Waals surface area contributed by atoms with Crippen LogP contribution < -0.4 is 20.9 Å². The van der Waals surface area contributed by atoms with Crippen molar-refractivity contribution in [3.63, 3.8) is 0 Å². The quantitative estimate of drug-likeness (QED) is 0.0756. The van der Waals surface area contributed by atoms with Crippen molar-refractivity contribution in [3.05, 3.63) is 130 Å². The highest BCUT2D eigenvalue weighted by atomic mass is 19.1. The lowest BCUT2D eigenvalue weighted by molar-refractivity contribution is -0.147. The summed E-state index contributed by atoms with van der Waals surface area (Å²) in [5, 5.41) is 8.40. The first-order valence-corrected chi connectivity index (χ1v) is 32.3. The first-order valence-electron chi connectivity index (χ1n) is 32.3. The van der Waals surface area contributed by atoms with Crippen molar-refractivity contribution in [1.29, 1.82) is 0 Å². The van der Waals surface area contributed by atoms with Gasteiger partial charge in [-0.25, -0.2) is 18.4 Å². The van der Waals surface area contributed by atoms with Crippen LogP contribution in [0, 0.1) is 23.5 Å². The maximum atomic E-state index is 15.8. The average molecular weight is 1290 g/mol. The Morgan fingerprint density at radius 1 is 0.774 bits per heavy atom. The highest BCUT2D eigenvalue weighted by Crippen LogP contribution is 2.43. The van der Waals surface area contributed by atoms with Crippen LogP contribution in [0.2, 0.25) is 0 Å². The molecule has 3 saturated heterocycles. The van der Waals surface area contributed by atoms with Gasteiger partial charge in [0.1, 0.15) is 28.9 Å². The van der Waals surface area contributed by atoms with Gasteiger partial charge in [0.25, 0.3) is 11.8 Å². The van der Waals surface area contributed by atoms with Gasteiger partial charge in [0.15, 0.2) is 5.78 Å². The molecule has 21 nitrogen and oxygen atoms in total. The number of nitrogens with one attached hydrogen (secondary N) is 3. The molecular formula is C70H91F2N9O12. The molecule has 1 unspecified atom stereocenters. The number of rotatable bonds is 19. The molecular weight excluding hydrogens is 1200 g/mol. The van der Waals surface area contributed by atoms with Gasteiger partial charge in [-0.05, 0) is 159 Å². The normalized spacial score (nSPS) is 21.8. The molecule has 93 heavy (non-hydrogen) atoms. The predicted molar refractivity (Wildman–Crippen MR) is 345 cm³/mol. The number of likely N-dealkylation sites (N-methyl/N-ethyl adjacent to an activating group) is 1. The van der Waals surface area contributed by atoms with Crippen LogP contribution in [0.15, 0.2) is 84.9 Å². The number of halogens is 2. The Hall–Kier alpha value is -7.86. The Bertz CT molecular complexity index is 3420. The van der Waals surface area contributed by atoms with Crippen LogP contribution >= 0.6 is 0 Å². The van der Waals surface area contributed by atoms with E-state index >= 15 is 14.0 Å². The zero-order chi connectivity index (χ0) is 67.3. The van der Waals surface area contributed by atoms with E-state index in [4.69, 9.17) is 18.9 Å². The SMILES string of the molecule is C[C@@H]1COCCN1C[C@H]1CN(C(=O)OC(C)(C)C)[C@H](C)CN1CC(=O)N1CC(C)(C(=O)NCCNC(=O)c2ccc(F)c(NC(=O)[C@@H]3c4ccccc4CN3C(=O)[C@@H](CC(=O)[C@H](C)N(C)C(=O)OC(C)(C)C)C3CCOCC3)c2)c2ccc(Cc3ccc(F)cc3)cc21. The van der Waals surface area contributed by atoms with Gasteiger partial charge in [-0.3, -0.25) is 38.6 Å². The smallest absolute Gasteiger partial charge is 0.410 e. The zero-order valence-corrected chi connectivity index (χ0v) is 55.5. The van der Waals surface area contributed by atoms with Crippen molar-refractivity contribution in [2.45, 2.75) is 148 Å². The van der Waals surface area contributed by atoms with Gasteiger partial charge in [-0.2, -0.15) is 0 Å². The molecule has 0 aliphatic carbocycles. The summed E-state index contributed by atoms with van der Waals surface area (Å²) >= 11 is 0. The molecule has 5 aliphatic heterocycles. The maximum Gasteiger partial charge on any atom is 0.410 e. The summed E-state index contributed by atoms with van der Waals surface area (Å²) in [6.45, 7) is 21.8. The Morgan fingerprint density at radius 3 is 2.16 bits per heavy atom. The van der Waals surface area contributed by atoms with Gasteiger partial charge in [-0.15, -0.1) is 0 Å². The number of Topliss-reactive ketones (excluding diaryl/α,β-unsaturated/α-hetero) is 1. The number of morpholine rings is 1. The second-order valence-electron chi connectivity index (χ2n) is 27.7. The summed E-state index contributed by atoms with van der Waals surface area (Å²) in [5.74, 6) is -5.23. The molecule has 7 atom stereocenters. The third kappa shape index (κ3) is 16.7. The molecule has 502 valence electrons. The first kappa shape index (κ1) is 69.5. The van der Waals surface area contributed by atoms with Gasteiger partial charge >= 0.3 is 12.2 Å². The van der Waals surface area contributed by atoms with Crippen LogP contribution in [0.1, 0.15) is 133 Å². The van der Waals surface area contributed by atoms with Gasteiger partial charge in [0, 0.05) is 114 Å². The number of fused-ring (bicyclic) bond motifs is 2. The molecule has 0 bridgehead atoms. The van der Waals surface area contributed by atoms with Crippen molar-refractivity contribution in [2.24, 2.45) is 11.8 Å². The summed E-state index contributed by atoms with van der Waals surface area (Å²) in [4.78, 5) is 124. The van der Waals surface area contributed by atoms with Gasteiger partial charge in [-0.1, -0.05) is 48.5 Å². The van der Waals surface area contributed by atoms with Crippen molar-refractivity contribution in [3.8, 4) is 0 Å². The molecule has 4 aromatic carbocycles. The number of nitrogens with zero attached hydrogens (tertiary/aromatic N) is 6. The lowest BCUT2D eigenvalue weighted by Gasteiger charge is -2.47. The molecule has 5 aliphatic rings. The lowest BCUT2D eigenvalue weighted by atomic mass is 9.80. The van der Waals surface area contributed by atoms with Crippen LogP contribution in [0.25, 0.3) is 0 Å². The standard InChI is InChI=1S/C70H91F2N9O12/c1-43-36-78(52(38-77-28-31-91-41-44(77)2)39-79(43)67(89)93-69(7,8)9)40-60(83)81-42-70(10,55-22-18-47(33-58(55)81)32-46-16-20-51(71)21-17-46)65(87)74-27-26-73-62(84)49-19-23-56(72)57(34-49)75-63(85)61-53-15-13-12-14-50(53)37-80(61)64(86)54(48-24-29-90-30-25-48)35-59(82)45(3)76(11)66(88)92-68(4,5)6/h12-23,33-34,43-45,48,52,54,61H,24-32,35-42H2,1-11H3,(H,73,84)(H,74,87)(H,75,85)/t43-,44-,45+,52+,54+,61+,70?/m1/s1. The number of carbonyl (C=O) groups excluding carboxylic acids is 8. The Balaban J connectivity index is 0.874. The van der Waals surface area contributed by atoms with Crippen molar-refractivity contribution < 1.29 is 66.1 Å². The van der Waals surface area contributed by atoms with Gasteiger partial charge in [0.05, 0.1) is 36.9 Å². The summed E-state index contributed by atoms with van der Waals surface area (Å²) in [5.41, 5.74) is 0.954. The van der Waals surface area contributed by atoms with E-state index in [2.05, 4.69) is 32.7 Å². The number of ketones is 1. The Labute approximate surface area is 544 Å². The summed E-state index contributed by atoms with van der Waals surface area (Å²) in [7, 11) is 1.47. The topological polar surface area (TPSA) is 229 Å². The van der Waals surface area contributed by atoms with Crippen LogP contribution in [0.4, 0.5) is 29.7 Å². The van der Waals surface area contributed by atoms with Crippen LogP contribution in [0.3, 0.4) is 0 Å². The largest absolute Gasteiger partial charge is 0.444 e. The number of carbonyl (C=O) groups is 8. The highest BCUT2D eigenvalue weighted by Gasteiger charge is 2.49. The third-order valence-electron chi connectivity index (χ3n) is 18.4. The average Bonchev–Trinajstić information content (AvgIpc) is 1.61. The molecule has 3 fully saturated rings. The summed E-state index contributed by atoms with van der Waals surface area (Å²) in [6, 6.07) is 19.8. The number of hydrogen-bond acceptors (Lipinski definition) is 14. The van der Waals surface area contributed by atoms with Crippen LogP contribution in [-0.4, -0.2) is 193 Å². The Kier molecular flexibility index (Phi) is 21.8. The van der Waals surface area contributed by atoms with Gasteiger partial charge < -0.3 is 54.5 Å². The van der Waals surface area contributed by atoms with Crippen LogP contribution in [-0.2, 0) is 61.3 Å². The zero-order valence-electron chi connectivity index (χ0n) is 55.5. The molecule has 5 heterocycles. The van der Waals surface area contributed by atoms with Crippen molar-refractivity contribution >= 4 is 58.9 Å². The molecule has 9 rings (SSSR count). The van der Waals surface area contributed by atoms with E-state index in [-0.39, 0.29) is 91.9 Å². The molecule has 7 amide bonds. The first-order chi connectivity index (χ1) is 44.0. The minimum Gasteiger partial charge on any atom is -0.444 e. The summed E-state index contributed by atoms with van der Waals surface area (Å²) < 4.78 is 52.6. The fraction of sp³-hybridized carbons (Fsp3) is 0.543. The van der Waals surface area contributed by atoms with Crippen molar-refractivity contribution in [1.82, 2.24) is 35.1 Å². The minimum atomic E-state index is -1.26. The van der Waals surface area contributed by atoms with E-state index < -0.39 is 76.3 Å².